The van der Waals surface area contributed by atoms with Gasteiger partial charge in [0.2, 0.25) is 5.91 Å². The molecule has 1 heterocycles. The molecular weight excluding hydrogens is 384 g/mol. The molecule has 0 unspecified atom stereocenters. The van der Waals surface area contributed by atoms with Crippen molar-refractivity contribution >= 4 is 27.7 Å². The summed E-state index contributed by atoms with van der Waals surface area (Å²) in [5.41, 5.74) is 11.7. The highest BCUT2D eigenvalue weighted by Crippen LogP contribution is 2.35. The molecule has 0 atom stereocenters. The monoisotopic (exact) mass is 406 g/mol. The third kappa shape index (κ3) is 3.32. The molecule has 4 nitrogen and oxygen atoms in total. The molecule has 1 aromatic heterocycles. The zero-order valence-corrected chi connectivity index (χ0v) is 17.2. The molecule has 0 aliphatic heterocycles. The molecule has 0 fully saturated rings. The van der Waals surface area contributed by atoms with E-state index in [1.165, 1.54) is 0 Å². The highest BCUT2D eigenvalue weighted by atomic mass is 16.5. The Morgan fingerprint density at radius 2 is 1.65 bits per heavy atom. The van der Waals surface area contributed by atoms with Crippen LogP contribution in [0.5, 0.6) is 5.75 Å². The van der Waals surface area contributed by atoms with Crippen molar-refractivity contribution < 1.29 is 9.53 Å². The lowest BCUT2D eigenvalue weighted by atomic mass is 10.0. The van der Waals surface area contributed by atoms with Gasteiger partial charge in [0.1, 0.15) is 5.75 Å². The first-order valence-corrected chi connectivity index (χ1v) is 10.2. The van der Waals surface area contributed by atoms with Gasteiger partial charge in [-0.25, -0.2) is 0 Å². The smallest absolute Gasteiger partial charge is 0.249 e. The maximum Gasteiger partial charge on any atom is 0.249 e. The molecule has 152 valence electrons. The predicted octanol–water partition coefficient (Wildman–Crippen LogP) is 5.62. The van der Waals surface area contributed by atoms with E-state index in [0.29, 0.717) is 12.1 Å². The van der Waals surface area contributed by atoms with Crippen LogP contribution in [-0.2, 0) is 6.54 Å². The van der Waals surface area contributed by atoms with Gasteiger partial charge < -0.3 is 15.0 Å². The molecule has 0 saturated heterocycles. The number of carbonyl (C=O) groups is 1. The van der Waals surface area contributed by atoms with Gasteiger partial charge in [-0.1, -0.05) is 60.7 Å². The summed E-state index contributed by atoms with van der Waals surface area (Å²) in [6, 6.07) is 30.5. The van der Waals surface area contributed by atoms with Gasteiger partial charge in [0.25, 0.3) is 0 Å². The molecule has 5 aromatic rings. The third-order valence-electron chi connectivity index (χ3n) is 5.74. The number of fused-ring (bicyclic) bond motifs is 3. The highest BCUT2D eigenvalue weighted by molar-refractivity contribution is 6.18. The summed E-state index contributed by atoms with van der Waals surface area (Å²) < 4.78 is 7.65. The number of nitrogens with two attached hydrogens (primary N) is 1. The van der Waals surface area contributed by atoms with E-state index in [2.05, 4.69) is 41.0 Å². The van der Waals surface area contributed by atoms with Crippen LogP contribution >= 0.6 is 0 Å². The van der Waals surface area contributed by atoms with Gasteiger partial charge in [-0.15, -0.1) is 0 Å². The van der Waals surface area contributed by atoms with E-state index in [4.69, 9.17) is 10.5 Å². The van der Waals surface area contributed by atoms with Crippen LogP contribution in [0.2, 0.25) is 0 Å². The summed E-state index contributed by atoms with van der Waals surface area (Å²) in [5.74, 6) is 0.402. The van der Waals surface area contributed by atoms with Crippen LogP contribution < -0.4 is 10.5 Å². The van der Waals surface area contributed by atoms with Crippen molar-refractivity contribution in [3.8, 4) is 16.9 Å². The number of carbonyl (C=O) groups excluding carboxylic acids is 1. The molecule has 0 spiro atoms. The van der Waals surface area contributed by atoms with Crippen LogP contribution in [0.15, 0.2) is 91.0 Å². The zero-order chi connectivity index (χ0) is 21.4. The molecule has 4 heteroatoms. The molecule has 0 aliphatic rings. The summed E-state index contributed by atoms with van der Waals surface area (Å²) in [5, 5.41) is 1.92. The van der Waals surface area contributed by atoms with Crippen molar-refractivity contribution in [3.63, 3.8) is 0 Å². The van der Waals surface area contributed by atoms with Crippen LogP contribution in [0.25, 0.3) is 32.9 Å². The Labute approximate surface area is 180 Å². The van der Waals surface area contributed by atoms with Gasteiger partial charge in [-0.2, -0.15) is 0 Å². The number of rotatable bonds is 5. The van der Waals surface area contributed by atoms with Gasteiger partial charge >= 0.3 is 0 Å². The van der Waals surface area contributed by atoms with E-state index in [1.54, 1.807) is 13.2 Å². The second-order valence-corrected chi connectivity index (χ2v) is 7.60. The Bertz CT molecular complexity index is 1420. The Morgan fingerprint density at radius 1 is 0.839 bits per heavy atom. The zero-order valence-electron chi connectivity index (χ0n) is 17.2. The molecule has 0 radical (unpaired) electrons. The van der Waals surface area contributed by atoms with Gasteiger partial charge in [0.05, 0.1) is 18.1 Å². The van der Waals surface area contributed by atoms with Crippen LogP contribution in [0.4, 0.5) is 0 Å². The quantitative estimate of drug-likeness (QED) is 0.412. The fourth-order valence-electron chi connectivity index (χ4n) is 4.28. The number of nitrogens with zero attached hydrogens (tertiary/aromatic N) is 1. The third-order valence-corrected chi connectivity index (χ3v) is 5.74. The largest absolute Gasteiger partial charge is 0.497 e. The summed E-state index contributed by atoms with van der Waals surface area (Å²) in [6.07, 6.45) is 0. The number of hydrogen-bond donors (Lipinski definition) is 1. The SMILES string of the molecule is COc1cccc(Cn2c3cc(-c4ccccc4)ccc3c3c(C(N)=O)cccc32)c1. The van der Waals surface area contributed by atoms with E-state index >= 15 is 0 Å². The predicted molar refractivity (Wildman–Crippen MR) is 125 cm³/mol. The number of ether oxygens (including phenoxy) is 1. The van der Waals surface area contributed by atoms with Crippen molar-refractivity contribution in [1.29, 1.82) is 0 Å². The van der Waals surface area contributed by atoms with E-state index in [0.717, 1.165) is 44.2 Å². The minimum atomic E-state index is -0.418. The normalized spacial score (nSPS) is 11.1. The van der Waals surface area contributed by atoms with Crippen molar-refractivity contribution in [2.75, 3.05) is 7.11 Å². The number of benzene rings is 4. The minimum absolute atomic E-state index is 0.418. The number of amides is 1. The number of primary amides is 1. The van der Waals surface area contributed by atoms with Crippen molar-refractivity contribution in [3.05, 3.63) is 102 Å². The molecule has 5 rings (SSSR count). The maximum atomic E-state index is 12.2. The summed E-state index contributed by atoms with van der Waals surface area (Å²) in [6.45, 7) is 0.650. The van der Waals surface area contributed by atoms with Gasteiger partial charge in [-0.3, -0.25) is 4.79 Å². The van der Waals surface area contributed by atoms with Crippen LogP contribution in [0.3, 0.4) is 0 Å². The summed E-state index contributed by atoms with van der Waals surface area (Å²) >= 11 is 0. The Kier molecular flexibility index (Phi) is 4.68. The summed E-state index contributed by atoms with van der Waals surface area (Å²) in [4.78, 5) is 12.2. The first kappa shape index (κ1) is 18.9. The lowest BCUT2D eigenvalue weighted by molar-refractivity contribution is 0.100. The molecule has 31 heavy (non-hydrogen) atoms. The Hall–Kier alpha value is -4.05. The van der Waals surface area contributed by atoms with E-state index in [1.807, 2.05) is 48.5 Å². The van der Waals surface area contributed by atoms with E-state index in [9.17, 15) is 4.79 Å². The summed E-state index contributed by atoms with van der Waals surface area (Å²) in [7, 11) is 1.67. The van der Waals surface area contributed by atoms with Gasteiger partial charge in [0, 0.05) is 22.9 Å². The molecule has 4 aromatic carbocycles. The number of methoxy groups -OCH3 is 1. The van der Waals surface area contributed by atoms with Crippen molar-refractivity contribution in [2.24, 2.45) is 5.73 Å². The second kappa shape index (κ2) is 7.65. The van der Waals surface area contributed by atoms with Crippen LogP contribution in [0, 0.1) is 0 Å². The number of aromatic nitrogens is 1. The average molecular weight is 406 g/mol. The van der Waals surface area contributed by atoms with Gasteiger partial charge in [0.15, 0.2) is 0 Å². The fraction of sp³-hybridized carbons (Fsp3) is 0.0741. The number of hydrogen-bond acceptors (Lipinski definition) is 2. The lowest BCUT2D eigenvalue weighted by Gasteiger charge is -2.10. The van der Waals surface area contributed by atoms with Crippen LogP contribution in [-0.4, -0.2) is 17.6 Å². The molecule has 0 saturated carbocycles. The molecule has 0 aliphatic carbocycles. The van der Waals surface area contributed by atoms with Crippen molar-refractivity contribution in [2.45, 2.75) is 6.54 Å². The molecular formula is C27H22N2O2. The lowest BCUT2D eigenvalue weighted by Crippen LogP contribution is -2.11. The Balaban J connectivity index is 1.79. The average Bonchev–Trinajstić information content (AvgIpc) is 3.12. The first-order valence-electron chi connectivity index (χ1n) is 10.2. The topological polar surface area (TPSA) is 57.2 Å². The highest BCUT2D eigenvalue weighted by Gasteiger charge is 2.17. The molecule has 2 N–H and O–H groups in total. The van der Waals surface area contributed by atoms with Gasteiger partial charge in [-0.05, 0) is 47.0 Å². The maximum absolute atomic E-state index is 12.2. The fourth-order valence-corrected chi connectivity index (χ4v) is 4.28. The van der Waals surface area contributed by atoms with Crippen LogP contribution in [0.1, 0.15) is 15.9 Å². The standard InChI is InChI=1S/C27H22N2O2/c1-31-21-10-5-7-18(15-21)17-29-24-12-6-11-23(27(28)30)26(24)22-14-13-20(16-25(22)29)19-8-3-2-4-9-19/h2-16H,17H2,1H3,(H2,28,30). The van der Waals surface area contributed by atoms with E-state index in [-0.39, 0.29) is 0 Å². The molecule has 0 bridgehead atoms. The Morgan fingerprint density at radius 3 is 2.42 bits per heavy atom. The first-order chi connectivity index (χ1) is 15.2. The van der Waals surface area contributed by atoms with Crippen molar-refractivity contribution in [1.82, 2.24) is 4.57 Å². The molecule has 1 amide bonds. The second-order valence-electron chi connectivity index (χ2n) is 7.60. The van der Waals surface area contributed by atoms with E-state index < -0.39 is 5.91 Å². The minimum Gasteiger partial charge on any atom is -0.497 e.